The van der Waals surface area contributed by atoms with Crippen molar-refractivity contribution in [2.45, 2.75) is 46.3 Å². The molecule has 0 heterocycles. The van der Waals surface area contributed by atoms with Gasteiger partial charge in [-0.1, -0.05) is 51.1 Å². The van der Waals surface area contributed by atoms with Crippen LogP contribution in [0, 0.1) is 5.41 Å². The number of hydrogen-bond donors (Lipinski definition) is 3. The van der Waals surface area contributed by atoms with Crippen LogP contribution in [0.1, 0.15) is 40.2 Å². The number of methoxy groups -OCH3 is 1. The Morgan fingerprint density at radius 2 is 1.79 bits per heavy atom. The predicted molar refractivity (Wildman–Crippen MR) is 100 cm³/mol. The molecule has 3 N–H and O–H groups in total. The molecule has 0 radical (unpaired) electrons. The van der Waals surface area contributed by atoms with Crippen molar-refractivity contribution in [1.29, 1.82) is 0 Å². The van der Waals surface area contributed by atoms with Gasteiger partial charge in [-0.3, -0.25) is 0 Å². The molecular formula is C19H33N3O2. The summed E-state index contributed by atoms with van der Waals surface area (Å²) in [7, 11) is 1.72. The van der Waals surface area contributed by atoms with Gasteiger partial charge in [-0.05, 0) is 24.8 Å². The zero-order valence-electron chi connectivity index (χ0n) is 15.9. The van der Waals surface area contributed by atoms with Crippen LogP contribution < -0.4 is 10.6 Å². The van der Waals surface area contributed by atoms with Gasteiger partial charge in [0.1, 0.15) is 5.60 Å². The van der Waals surface area contributed by atoms with Crippen LogP contribution in [0.3, 0.4) is 0 Å². The average Bonchev–Trinajstić information content (AvgIpc) is 2.52. The fraction of sp³-hybridized carbons (Fsp3) is 0.632. The zero-order valence-corrected chi connectivity index (χ0v) is 15.9. The highest BCUT2D eigenvalue weighted by Crippen LogP contribution is 2.21. The molecule has 2 unspecified atom stereocenters. The third kappa shape index (κ3) is 6.49. The minimum atomic E-state index is -1.01. The third-order valence-corrected chi connectivity index (χ3v) is 3.99. The van der Waals surface area contributed by atoms with E-state index in [0.717, 1.165) is 12.1 Å². The SMILES string of the molecule is CCNC(=NCC(C)(O)c1ccccc1)NCC(OC)C(C)(C)C. The number of nitrogens with zero attached hydrogens (tertiary/aromatic N) is 1. The van der Waals surface area contributed by atoms with E-state index in [4.69, 9.17) is 4.74 Å². The lowest BCUT2D eigenvalue weighted by Crippen LogP contribution is -2.45. The van der Waals surface area contributed by atoms with Gasteiger partial charge in [0.15, 0.2) is 5.96 Å². The fourth-order valence-corrected chi connectivity index (χ4v) is 2.40. The van der Waals surface area contributed by atoms with Crippen molar-refractivity contribution in [2.75, 3.05) is 26.7 Å². The van der Waals surface area contributed by atoms with E-state index in [1.807, 2.05) is 37.3 Å². The monoisotopic (exact) mass is 335 g/mol. The Hall–Kier alpha value is -1.59. The molecule has 1 aromatic carbocycles. The lowest BCUT2D eigenvalue weighted by molar-refractivity contribution is 0.0204. The normalized spacial score (nSPS) is 16.4. The molecule has 0 amide bonds. The minimum Gasteiger partial charge on any atom is -0.384 e. The lowest BCUT2D eigenvalue weighted by Gasteiger charge is -2.30. The summed E-state index contributed by atoms with van der Waals surface area (Å²) in [5.41, 5.74) is -0.114. The predicted octanol–water partition coefficient (Wildman–Crippen LogP) is 2.51. The summed E-state index contributed by atoms with van der Waals surface area (Å²) < 4.78 is 5.56. The van der Waals surface area contributed by atoms with Gasteiger partial charge < -0.3 is 20.5 Å². The largest absolute Gasteiger partial charge is 0.384 e. The topological polar surface area (TPSA) is 65.9 Å². The molecule has 0 aromatic heterocycles. The lowest BCUT2D eigenvalue weighted by atomic mass is 9.89. The summed E-state index contributed by atoms with van der Waals surface area (Å²) in [5.74, 6) is 0.681. The summed E-state index contributed by atoms with van der Waals surface area (Å²) in [5, 5.41) is 17.2. The molecule has 0 aliphatic rings. The molecule has 1 aromatic rings. The fourth-order valence-electron chi connectivity index (χ4n) is 2.40. The summed E-state index contributed by atoms with van der Waals surface area (Å²) >= 11 is 0. The highest BCUT2D eigenvalue weighted by molar-refractivity contribution is 5.79. The quantitative estimate of drug-likeness (QED) is 0.529. The summed E-state index contributed by atoms with van der Waals surface area (Å²) in [6.07, 6.45) is 0.0657. The molecule has 136 valence electrons. The van der Waals surface area contributed by atoms with Gasteiger partial charge in [-0.25, -0.2) is 4.99 Å². The van der Waals surface area contributed by atoms with Gasteiger partial charge >= 0.3 is 0 Å². The van der Waals surface area contributed by atoms with E-state index in [2.05, 4.69) is 36.4 Å². The zero-order chi connectivity index (χ0) is 18.2. The molecule has 5 heteroatoms. The van der Waals surface area contributed by atoms with E-state index in [0.29, 0.717) is 12.5 Å². The standard InChI is InChI=1S/C19H33N3O2/c1-7-20-17(21-13-16(24-6)18(2,3)4)22-14-19(5,23)15-11-9-8-10-12-15/h8-12,16,23H,7,13-14H2,1-6H3,(H2,20,21,22). The first-order valence-electron chi connectivity index (χ1n) is 8.53. The van der Waals surface area contributed by atoms with Crippen molar-refractivity contribution in [3.63, 3.8) is 0 Å². The molecule has 2 atom stereocenters. The van der Waals surface area contributed by atoms with Crippen molar-refractivity contribution in [2.24, 2.45) is 10.4 Å². The Morgan fingerprint density at radius 1 is 1.17 bits per heavy atom. The maximum Gasteiger partial charge on any atom is 0.191 e. The van der Waals surface area contributed by atoms with Crippen molar-refractivity contribution >= 4 is 5.96 Å². The first kappa shape index (κ1) is 20.5. The maximum atomic E-state index is 10.7. The summed E-state index contributed by atoms with van der Waals surface area (Å²) in [4.78, 5) is 4.54. The second-order valence-corrected chi connectivity index (χ2v) is 7.31. The number of aliphatic hydroxyl groups is 1. The maximum absolute atomic E-state index is 10.7. The van der Waals surface area contributed by atoms with Crippen LogP contribution in [0.2, 0.25) is 0 Å². The van der Waals surface area contributed by atoms with E-state index < -0.39 is 5.60 Å². The number of benzene rings is 1. The molecular weight excluding hydrogens is 302 g/mol. The number of rotatable bonds is 7. The number of nitrogens with one attached hydrogen (secondary N) is 2. The van der Waals surface area contributed by atoms with Crippen LogP contribution in [-0.2, 0) is 10.3 Å². The van der Waals surface area contributed by atoms with Crippen molar-refractivity contribution in [1.82, 2.24) is 10.6 Å². The number of aliphatic imine (C=N–C) groups is 1. The van der Waals surface area contributed by atoms with E-state index in [-0.39, 0.29) is 18.1 Å². The molecule has 1 rings (SSSR count). The number of guanidine groups is 1. The molecule has 0 bridgehead atoms. The first-order valence-corrected chi connectivity index (χ1v) is 8.53. The summed E-state index contributed by atoms with van der Waals surface area (Å²) in [6, 6.07) is 9.60. The van der Waals surface area contributed by atoms with Gasteiger partial charge in [0.2, 0.25) is 0 Å². The van der Waals surface area contributed by atoms with Crippen LogP contribution in [-0.4, -0.2) is 43.9 Å². The van der Waals surface area contributed by atoms with Crippen molar-refractivity contribution in [3.05, 3.63) is 35.9 Å². The van der Waals surface area contributed by atoms with Crippen molar-refractivity contribution in [3.8, 4) is 0 Å². The van der Waals surface area contributed by atoms with Crippen LogP contribution >= 0.6 is 0 Å². The Balaban J connectivity index is 2.75. The van der Waals surface area contributed by atoms with Crippen LogP contribution in [0.4, 0.5) is 0 Å². The molecule has 0 saturated carbocycles. The Labute approximate surface area is 146 Å². The van der Waals surface area contributed by atoms with Gasteiger partial charge in [0.25, 0.3) is 0 Å². The highest BCUT2D eigenvalue weighted by Gasteiger charge is 2.25. The molecule has 0 aliphatic heterocycles. The smallest absolute Gasteiger partial charge is 0.191 e. The Morgan fingerprint density at radius 3 is 2.29 bits per heavy atom. The van der Waals surface area contributed by atoms with E-state index in [9.17, 15) is 5.11 Å². The molecule has 5 nitrogen and oxygen atoms in total. The molecule has 0 fully saturated rings. The second kappa shape index (κ2) is 9.04. The van der Waals surface area contributed by atoms with Gasteiger partial charge in [-0.2, -0.15) is 0 Å². The summed E-state index contributed by atoms with van der Waals surface area (Å²) in [6.45, 7) is 11.9. The first-order chi connectivity index (χ1) is 11.2. The van der Waals surface area contributed by atoms with Gasteiger partial charge in [0.05, 0.1) is 12.6 Å². The number of hydrogen-bond acceptors (Lipinski definition) is 3. The van der Waals surface area contributed by atoms with E-state index in [1.54, 1.807) is 14.0 Å². The van der Waals surface area contributed by atoms with Crippen LogP contribution in [0.25, 0.3) is 0 Å². The van der Waals surface area contributed by atoms with Crippen molar-refractivity contribution < 1.29 is 9.84 Å². The highest BCUT2D eigenvalue weighted by atomic mass is 16.5. The average molecular weight is 335 g/mol. The minimum absolute atomic E-state index is 0.0363. The Kier molecular flexibility index (Phi) is 7.70. The molecule has 0 saturated heterocycles. The second-order valence-electron chi connectivity index (χ2n) is 7.31. The van der Waals surface area contributed by atoms with Crippen LogP contribution in [0.5, 0.6) is 0 Å². The molecule has 0 spiro atoms. The van der Waals surface area contributed by atoms with E-state index >= 15 is 0 Å². The third-order valence-electron chi connectivity index (χ3n) is 3.99. The Bertz CT molecular complexity index is 507. The number of ether oxygens (including phenoxy) is 1. The molecule has 0 aliphatic carbocycles. The van der Waals surface area contributed by atoms with Crippen LogP contribution in [0.15, 0.2) is 35.3 Å². The van der Waals surface area contributed by atoms with Gasteiger partial charge in [0, 0.05) is 20.2 Å². The van der Waals surface area contributed by atoms with Gasteiger partial charge in [-0.15, -0.1) is 0 Å². The van der Waals surface area contributed by atoms with E-state index in [1.165, 1.54) is 0 Å². The molecule has 24 heavy (non-hydrogen) atoms.